The van der Waals surface area contributed by atoms with Gasteiger partial charge in [-0.15, -0.1) is 0 Å². The monoisotopic (exact) mass is 424 g/mol. The molecule has 1 aliphatic heterocycles. The molecule has 0 amide bonds. The predicted molar refractivity (Wildman–Crippen MR) is 109 cm³/mol. The largest absolute Gasteiger partial charge is 0.416 e. The molecule has 0 saturated carbocycles. The summed E-state index contributed by atoms with van der Waals surface area (Å²) >= 11 is 0. The highest BCUT2D eigenvalue weighted by atomic mass is 19.4. The number of imidazole rings is 1. The number of benzene rings is 2. The minimum Gasteiger partial charge on any atom is -0.284 e. The van der Waals surface area contributed by atoms with Crippen LogP contribution in [0.3, 0.4) is 0 Å². The molecule has 0 aliphatic carbocycles. The maximum atomic E-state index is 13.1. The van der Waals surface area contributed by atoms with Crippen molar-refractivity contribution in [2.45, 2.75) is 19.3 Å². The summed E-state index contributed by atoms with van der Waals surface area (Å²) in [5.74, 6) is 0. The molecule has 156 valence electrons. The molecule has 0 saturated heterocycles. The van der Waals surface area contributed by atoms with Gasteiger partial charge in [0.15, 0.2) is 11.2 Å². The highest BCUT2D eigenvalue weighted by Crippen LogP contribution is 2.32. The number of nitrogens with zero attached hydrogens (tertiary/aromatic N) is 4. The Morgan fingerprint density at radius 3 is 2.52 bits per heavy atom. The van der Waals surface area contributed by atoms with Crippen molar-refractivity contribution >= 4 is 16.9 Å². The van der Waals surface area contributed by atoms with Crippen LogP contribution in [0.2, 0.25) is 0 Å². The van der Waals surface area contributed by atoms with Crippen molar-refractivity contribution in [2.24, 2.45) is 0 Å². The molecule has 3 heterocycles. The minimum absolute atomic E-state index is 0.0908. The molecule has 5 rings (SSSR count). The molecule has 0 unspecified atom stereocenters. The lowest BCUT2D eigenvalue weighted by atomic mass is 10.1. The fourth-order valence-corrected chi connectivity index (χ4v) is 3.84. The molecule has 4 aromatic rings. The summed E-state index contributed by atoms with van der Waals surface area (Å²) in [5.41, 5.74) is 0.108. The molecule has 0 radical (unpaired) electrons. The van der Waals surface area contributed by atoms with E-state index in [0.717, 1.165) is 22.3 Å². The van der Waals surface area contributed by atoms with Gasteiger partial charge in [0, 0.05) is 6.54 Å². The van der Waals surface area contributed by atoms with Gasteiger partial charge in [-0.3, -0.25) is 18.5 Å². The second kappa shape index (κ2) is 6.83. The number of alkyl halides is 3. The second-order valence-electron chi connectivity index (χ2n) is 7.22. The lowest BCUT2D eigenvalue weighted by Crippen LogP contribution is -2.41. The van der Waals surface area contributed by atoms with Gasteiger partial charge in [0.2, 0.25) is 0 Å². The Kier molecular flexibility index (Phi) is 4.21. The van der Waals surface area contributed by atoms with Crippen LogP contribution in [-0.4, -0.2) is 18.7 Å². The maximum Gasteiger partial charge on any atom is 0.416 e. The Balaban J connectivity index is 1.65. The average molecular weight is 424 g/mol. The minimum atomic E-state index is -4.48. The SMILES string of the molecule is O=c1c2ncn3c2n(c(=O)n1Cc1ccccc1)CC=C3c1cccc(C(F)(F)F)c1. The van der Waals surface area contributed by atoms with Crippen molar-refractivity contribution < 1.29 is 13.2 Å². The van der Waals surface area contributed by atoms with Gasteiger partial charge in [0.1, 0.15) is 6.33 Å². The summed E-state index contributed by atoms with van der Waals surface area (Å²) in [4.78, 5) is 30.2. The van der Waals surface area contributed by atoms with Gasteiger partial charge in [-0.25, -0.2) is 9.78 Å². The Bertz CT molecular complexity index is 1460. The summed E-state index contributed by atoms with van der Waals surface area (Å²) in [5, 5.41) is 0. The third kappa shape index (κ3) is 3.09. The summed E-state index contributed by atoms with van der Waals surface area (Å²) in [6.45, 7) is 0.215. The van der Waals surface area contributed by atoms with E-state index in [4.69, 9.17) is 0 Å². The molecule has 2 aromatic heterocycles. The molecule has 0 fully saturated rings. The van der Waals surface area contributed by atoms with E-state index >= 15 is 0 Å². The summed E-state index contributed by atoms with van der Waals surface area (Å²) in [6, 6.07) is 14.0. The first-order valence-corrected chi connectivity index (χ1v) is 9.47. The Morgan fingerprint density at radius 1 is 1.00 bits per heavy atom. The molecule has 31 heavy (non-hydrogen) atoms. The van der Waals surface area contributed by atoms with Crippen LogP contribution in [0, 0.1) is 0 Å². The Morgan fingerprint density at radius 2 is 1.77 bits per heavy atom. The van der Waals surface area contributed by atoms with Crippen molar-refractivity contribution in [1.29, 1.82) is 0 Å². The van der Waals surface area contributed by atoms with Crippen molar-refractivity contribution in [3.63, 3.8) is 0 Å². The van der Waals surface area contributed by atoms with Crippen LogP contribution in [0.5, 0.6) is 0 Å². The van der Waals surface area contributed by atoms with Gasteiger partial charge >= 0.3 is 11.9 Å². The van der Waals surface area contributed by atoms with Crippen LogP contribution < -0.4 is 11.2 Å². The molecule has 0 N–H and O–H groups in total. The molecule has 1 aliphatic rings. The normalized spacial score (nSPS) is 13.5. The van der Waals surface area contributed by atoms with Crippen molar-refractivity contribution in [2.75, 3.05) is 0 Å². The first-order chi connectivity index (χ1) is 14.8. The molecular weight excluding hydrogens is 409 g/mol. The summed E-state index contributed by atoms with van der Waals surface area (Å²) in [7, 11) is 0. The number of aromatic nitrogens is 4. The van der Waals surface area contributed by atoms with Crippen LogP contribution in [0.15, 0.2) is 76.6 Å². The first-order valence-electron chi connectivity index (χ1n) is 9.47. The van der Waals surface area contributed by atoms with E-state index in [2.05, 4.69) is 4.98 Å². The predicted octanol–water partition coefficient (Wildman–Crippen LogP) is 3.33. The third-order valence-electron chi connectivity index (χ3n) is 5.30. The second-order valence-corrected chi connectivity index (χ2v) is 7.22. The van der Waals surface area contributed by atoms with Crippen LogP contribution in [-0.2, 0) is 19.3 Å². The zero-order valence-electron chi connectivity index (χ0n) is 16.0. The van der Waals surface area contributed by atoms with Gasteiger partial charge in [-0.1, -0.05) is 42.5 Å². The number of hydrogen-bond acceptors (Lipinski definition) is 3. The van der Waals surface area contributed by atoms with Crippen LogP contribution in [0.1, 0.15) is 16.7 Å². The van der Waals surface area contributed by atoms with E-state index < -0.39 is 23.0 Å². The maximum absolute atomic E-state index is 13.1. The fraction of sp³-hybridized carbons (Fsp3) is 0.136. The van der Waals surface area contributed by atoms with E-state index in [1.807, 2.05) is 30.3 Å². The molecular formula is C22H15F3N4O2. The average Bonchev–Trinajstić information content (AvgIpc) is 3.21. The number of hydrogen-bond donors (Lipinski definition) is 0. The van der Waals surface area contributed by atoms with Crippen molar-refractivity contribution in [1.82, 2.24) is 18.7 Å². The standard InChI is InChI=1S/C22H15F3N4O2/c23-22(24,25)16-8-4-7-15(11-16)17-9-10-27-19-18(26-13-29(17)19)20(30)28(21(27)31)12-14-5-2-1-3-6-14/h1-9,11,13H,10,12H2. The highest BCUT2D eigenvalue weighted by molar-refractivity contribution is 5.80. The van der Waals surface area contributed by atoms with E-state index in [1.165, 1.54) is 21.5 Å². The molecule has 0 bridgehead atoms. The Labute approximate surface area is 173 Å². The fourth-order valence-electron chi connectivity index (χ4n) is 3.84. The van der Waals surface area contributed by atoms with Crippen LogP contribution in [0.4, 0.5) is 13.2 Å². The molecule has 0 atom stereocenters. The number of halogens is 3. The highest BCUT2D eigenvalue weighted by Gasteiger charge is 2.31. The van der Waals surface area contributed by atoms with E-state index in [9.17, 15) is 22.8 Å². The zero-order valence-corrected chi connectivity index (χ0v) is 16.0. The van der Waals surface area contributed by atoms with Crippen LogP contribution in [0.25, 0.3) is 16.9 Å². The van der Waals surface area contributed by atoms with Gasteiger partial charge in [-0.05, 0) is 29.3 Å². The van der Waals surface area contributed by atoms with E-state index in [-0.39, 0.29) is 24.3 Å². The van der Waals surface area contributed by atoms with Gasteiger partial charge < -0.3 is 0 Å². The number of allylic oxidation sites excluding steroid dienone is 1. The molecule has 0 spiro atoms. The smallest absolute Gasteiger partial charge is 0.284 e. The molecule has 9 heteroatoms. The van der Waals surface area contributed by atoms with Crippen LogP contribution >= 0.6 is 0 Å². The van der Waals surface area contributed by atoms with E-state index in [1.54, 1.807) is 12.1 Å². The molecule has 6 nitrogen and oxygen atoms in total. The third-order valence-corrected chi connectivity index (χ3v) is 5.30. The van der Waals surface area contributed by atoms with Crippen molar-refractivity contribution in [3.05, 3.63) is 105 Å². The topological polar surface area (TPSA) is 61.8 Å². The molecule has 2 aromatic carbocycles. The van der Waals surface area contributed by atoms with Gasteiger partial charge in [0.25, 0.3) is 5.56 Å². The quantitative estimate of drug-likeness (QED) is 0.507. The number of rotatable bonds is 3. The van der Waals surface area contributed by atoms with Gasteiger partial charge in [0.05, 0.1) is 17.8 Å². The first kappa shape index (κ1) is 19.1. The Hall–Kier alpha value is -3.88. The summed E-state index contributed by atoms with van der Waals surface area (Å²) < 4.78 is 43.5. The van der Waals surface area contributed by atoms with Crippen molar-refractivity contribution in [3.8, 4) is 0 Å². The van der Waals surface area contributed by atoms with Gasteiger partial charge in [-0.2, -0.15) is 13.2 Å². The lowest BCUT2D eigenvalue weighted by Gasteiger charge is -2.20. The zero-order chi connectivity index (χ0) is 21.8. The summed E-state index contributed by atoms with van der Waals surface area (Å²) in [6.07, 6.45) is -1.46. The van der Waals surface area contributed by atoms with E-state index in [0.29, 0.717) is 11.3 Å². The lowest BCUT2D eigenvalue weighted by molar-refractivity contribution is -0.137.